The van der Waals surface area contributed by atoms with Crippen LogP contribution < -0.4 is 5.32 Å². The van der Waals surface area contributed by atoms with Gasteiger partial charge >= 0.3 is 0 Å². The number of hydrogen-bond acceptors (Lipinski definition) is 5. The largest absolute Gasteiger partial charge is 0.330 e. The fourth-order valence-electron chi connectivity index (χ4n) is 2.11. The van der Waals surface area contributed by atoms with Gasteiger partial charge in [0.1, 0.15) is 5.69 Å². The van der Waals surface area contributed by atoms with E-state index in [9.17, 15) is 4.79 Å². The molecule has 1 aliphatic rings. The quantitative estimate of drug-likeness (QED) is 0.893. The second-order valence-electron chi connectivity index (χ2n) is 4.72. The van der Waals surface area contributed by atoms with Gasteiger partial charge in [0.25, 0.3) is 5.91 Å². The maximum atomic E-state index is 12.1. The molecule has 6 nitrogen and oxygen atoms in total. The molecule has 0 aromatic carbocycles. The Morgan fingerprint density at radius 1 is 1.47 bits per heavy atom. The first-order valence-corrected chi connectivity index (χ1v) is 6.90. The van der Waals surface area contributed by atoms with E-state index in [-0.39, 0.29) is 5.91 Å². The molecule has 0 spiro atoms. The summed E-state index contributed by atoms with van der Waals surface area (Å²) in [5, 5.41) is 3.52. The number of rotatable bonds is 2. The van der Waals surface area contributed by atoms with Crippen LogP contribution in [0.2, 0.25) is 0 Å². The average molecular weight is 277 g/mol. The van der Waals surface area contributed by atoms with E-state index >= 15 is 0 Å². The molecule has 1 aliphatic heterocycles. The predicted octanol–water partition coefficient (Wildman–Crippen LogP) is 1.12. The summed E-state index contributed by atoms with van der Waals surface area (Å²) in [6, 6.07) is 0. The summed E-state index contributed by atoms with van der Waals surface area (Å²) < 4.78 is 1.69. The number of aryl methyl sites for hydroxylation is 1. The van der Waals surface area contributed by atoms with Crippen LogP contribution in [0, 0.1) is 0 Å². The van der Waals surface area contributed by atoms with Gasteiger partial charge in [-0.2, -0.15) is 0 Å². The highest BCUT2D eigenvalue weighted by Gasteiger charge is 2.20. The van der Waals surface area contributed by atoms with Gasteiger partial charge in [-0.1, -0.05) is 0 Å². The van der Waals surface area contributed by atoms with Crippen molar-refractivity contribution >= 4 is 22.4 Å². The Morgan fingerprint density at radius 3 is 3.05 bits per heavy atom. The van der Waals surface area contributed by atoms with Crippen LogP contribution in [0.15, 0.2) is 12.5 Å². The molecule has 0 fully saturated rings. The Balaban J connectivity index is 1.78. The lowest BCUT2D eigenvalue weighted by Crippen LogP contribution is -2.25. The van der Waals surface area contributed by atoms with E-state index in [2.05, 4.69) is 27.2 Å². The van der Waals surface area contributed by atoms with Crippen molar-refractivity contribution in [3.63, 3.8) is 0 Å². The van der Waals surface area contributed by atoms with E-state index in [1.807, 2.05) is 0 Å². The number of carbonyl (C=O) groups excluding carboxylic acids is 1. The van der Waals surface area contributed by atoms with Crippen LogP contribution in [0.5, 0.6) is 0 Å². The lowest BCUT2D eigenvalue weighted by atomic mass is 10.2. The minimum absolute atomic E-state index is 0.167. The van der Waals surface area contributed by atoms with Gasteiger partial charge in [-0.3, -0.25) is 10.1 Å². The van der Waals surface area contributed by atoms with Crippen LogP contribution >= 0.6 is 11.3 Å². The molecule has 7 heteroatoms. The average Bonchev–Trinajstić information content (AvgIpc) is 2.94. The number of nitrogens with one attached hydrogen (secondary N) is 1. The van der Waals surface area contributed by atoms with Gasteiger partial charge in [0.05, 0.1) is 18.2 Å². The van der Waals surface area contributed by atoms with E-state index in [1.54, 1.807) is 35.5 Å². The van der Waals surface area contributed by atoms with Gasteiger partial charge in [-0.15, -0.1) is 11.3 Å². The zero-order valence-corrected chi connectivity index (χ0v) is 11.7. The molecule has 0 atom stereocenters. The van der Waals surface area contributed by atoms with Crippen molar-refractivity contribution in [2.45, 2.75) is 13.0 Å². The third-order valence-electron chi connectivity index (χ3n) is 3.19. The third kappa shape index (κ3) is 2.39. The molecule has 0 radical (unpaired) electrons. The van der Waals surface area contributed by atoms with Crippen molar-refractivity contribution < 1.29 is 4.79 Å². The van der Waals surface area contributed by atoms with Crippen LogP contribution in [-0.4, -0.2) is 38.9 Å². The van der Waals surface area contributed by atoms with Gasteiger partial charge in [0.15, 0.2) is 5.13 Å². The fraction of sp³-hybridized carbons (Fsp3) is 0.417. The molecule has 1 N–H and O–H groups in total. The molecule has 2 aromatic rings. The number of amides is 1. The number of anilines is 1. The zero-order chi connectivity index (χ0) is 13.4. The fourth-order valence-corrected chi connectivity index (χ4v) is 3.20. The highest BCUT2D eigenvalue weighted by molar-refractivity contribution is 7.15. The molecule has 0 unspecified atom stereocenters. The van der Waals surface area contributed by atoms with Crippen LogP contribution in [0.4, 0.5) is 5.13 Å². The van der Waals surface area contributed by atoms with Crippen molar-refractivity contribution in [2.75, 3.05) is 18.9 Å². The summed E-state index contributed by atoms with van der Waals surface area (Å²) in [7, 11) is 3.89. The Kier molecular flexibility index (Phi) is 3.08. The Hall–Kier alpha value is -1.73. The third-order valence-corrected chi connectivity index (χ3v) is 4.19. The minimum atomic E-state index is -0.167. The first-order chi connectivity index (χ1) is 9.13. The number of fused-ring (bicyclic) bond motifs is 1. The smallest absolute Gasteiger partial charge is 0.275 e. The Labute approximate surface area is 115 Å². The lowest BCUT2D eigenvalue weighted by Gasteiger charge is -2.20. The lowest BCUT2D eigenvalue weighted by molar-refractivity contribution is 0.101. The van der Waals surface area contributed by atoms with Gasteiger partial charge in [-0.05, 0) is 7.05 Å². The van der Waals surface area contributed by atoms with E-state index < -0.39 is 0 Å². The van der Waals surface area contributed by atoms with Crippen molar-refractivity contribution in [1.29, 1.82) is 0 Å². The molecule has 3 heterocycles. The van der Waals surface area contributed by atoms with Gasteiger partial charge < -0.3 is 9.47 Å². The minimum Gasteiger partial charge on any atom is -0.330 e. The van der Waals surface area contributed by atoms with Crippen molar-refractivity contribution in [3.05, 3.63) is 28.8 Å². The van der Waals surface area contributed by atoms with Gasteiger partial charge in [0.2, 0.25) is 0 Å². The second-order valence-corrected chi connectivity index (χ2v) is 5.80. The molecule has 1 amide bonds. The molecular formula is C12H15N5OS. The Morgan fingerprint density at radius 2 is 2.32 bits per heavy atom. The van der Waals surface area contributed by atoms with Crippen LogP contribution in [0.1, 0.15) is 21.1 Å². The standard InChI is InChI=1S/C12H15N5OS/c1-16-4-3-8-10(6-16)19-12(14-8)15-11(18)9-5-13-7-17(9)2/h5,7H,3-4,6H2,1-2H3,(H,14,15,18). The molecule has 0 aliphatic carbocycles. The summed E-state index contributed by atoms with van der Waals surface area (Å²) in [5.74, 6) is -0.167. The number of likely N-dealkylation sites (N-methyl/N-ethyl adjacent to an activating group) is 1. The monoisotopic (exact) mass is 277 g/mol. The van der Waals surface area contributed by atoms with Crippen molar-refractivity contribution in [1.82, 2.24) is 19.4 Å². The van der Waals surface area contributed by atoms with Crippen molar-refractivity contribution in [2.24, 2.45) is 7.05 Å². The van der Waals surface area contributed by atoms with Gasteiger partial charge in [-0.25, -0.2) is 9.97 Å². The molecule has 3 rings (SSSR count). The van der Waals surface area contributed by atoms with E-state index in [0.717, 1.165) is 25.2 Å². The number of aromatic nitrogens is 3. The highest BCUT2D eigenvalue weighted by atomic mass is 32.1. The topological polar surface area (TPSA) is 63.1 Å². The summed E-state index contributed by atoms with van der Waals surface area (Å²) in [6.07, 6.45) is 4.11. The maximum absolute atomic E-state index is 12.1. The van der Waals surface area contributed by atoms with Crippen LogP contribution in [-0.2, 0) is 20.0 Å². The molecule has 0 saturated carbocycles. The summed E-state index contributed by atoms with van der Waals surface area (Å²) in [4.78, 5) is 24.0. The molecule has 2 aromatic heterocycles. The molecular weight excluding hydrogens is 262 g/mol. The van der Waals surface area contributed by atoms with E-state index in [1.165, 1.54) is 4.88 Å². The predicted molar refractivity (Wildman–Crippen MR) is 73.3 cm³/mol. The number of imidazole rings is 1. The Bertz CT molecular complexity index is 617. The zero-order valence-electron chi connectivity index (χ0n) is 10.9. The molecule has 0 bridgehead atoms. The maximum Gasteiger partial charge on any atom is 0.275 e. The summed E-state index contributed by atoms with van der Waals surface area (Å²) >= 11 is 1.56. The van der Waals surface area contributed by atoms with E-state index in [0.29, 0.717) is 10.8 Å². The molecule has 100 valence electrons. The first kappa shape index (κ1) is 12.3. The van der Waals surface area contributed by atoms with Gasteiger partial charge in [0, 0.05) is 31.4 Å². The SMILES string of the molecule is CN1CCc2nc(NC(=O)c3cncn3C)sc2C1. The van der Waals surface area contributed by atoms with Crippen LogP contribution in [0.25, 0.3) is 0 Å². The number of nitrogens with zero attached hydrogens (tertiary/aromatic N) is 4. The normalized spacial score (nSPS) is 15.3. The van der Waals surface area contributed by atoms with Crippen molar-refractivity contribution in [3.8, 4) is 0 Å². The van der Waals surface area contributed by atoms with E-state index in [4.69, 9.17) is 0 Å². The first-order valence-electron chi connectivity index (χ1n) is 6.08. The second kappa shape index (κ2) is 4.75. The number of hydrogen-bond donors (Lipinski definition) is 1. The van der Waals surface area contributed by atoms with Crippen LogP contribution in [0.3, 0.4) is 0 Å². The molecule has 0 saturated heterocycles. The summed E-state index contributed by atoms with van der Waals surface area (Å²) in [5.41, 5.74) is 1.65. The molecule has 19 heavy (non-hydrogen) atoms. The number of carbonyl (C=O) groups is 1. The highest BCUT2D eigenvalue weighted by Crippen LogP contribution is 2.27. The summed E-state index contributed by atoms with van der Waals surface area (Å²) in [6.45, 7) is 1.93. The number of thiazole rings is 1.